The lowest BCUT2D eigenvalue weighted by Gasteiger charge is -2.46. The number of likely N-dealkylation sites (tertiary alicyclic amines) is 1. The van der Waals surface area contributed by atoms with Gasteiger partial charge >= 0.3 is 0 Å². The third kappa shape index (κ3) is 4.20. The van der Waals surface area contributed by atoms with Crippen molar-refractivity contribution in [2.75, 3.05) is 19.6 Å². The van der Waals surface area contributed by atoms with E-state index in [9.17, 15) is 5.11 Å². The predicted octanol–water partition coefficient (Wildman–Crippen LogP) is 2.78. The van der Waals surface area contributed by atoms with Crippen molar-refractivity contribution in [2.24, 2.45) is 11.8 Å². The number of hydrogen-bond acceptors (Lipinski definition) is 3. The van der Waals surface area contributed by atoms with Gasteiger partial charge in [-0.3, -0.25) is 4.90 Å². The molecule has 3 nitrogen and oxygen atoms in total. The third-order valence-electron chi connectivity index (χ3n) is 6.20. The first-order valence-electron chi connectivity index (χ1n) is 9.38. The quantitative estimate of drug-likeness (QED) is 0.818. The van der Waals surface area contributed by atoms with E-state index >= 15 is 0 Å². The molecule has 2 aliphatic carbocycles. The van der Waals surface area contributed by atoms with Crippen LogP contribution in [0.2, 0.25) is 0 Å². The van der Waals surface area contributed by atoms with Crippen molar-refractivity contribution in [1.82, 2.24) is 10.2 Å². The van der Waals surface area contributed by atoms with Crippen molar-refractivity contribution < 1.29 is 5.11 Å². The Labute approximate surface area is 130 Å². The lowest BCUT2D eigenvalue weighted by Crippen LogP contribution is -2.56. The van der Waals surface area contributed by atoms with Gasteiger partial charge < -0.3 is 10.4 Å². The fourth-order valence-electron chi connectivity index (χ4n) is 4.45. The Bertz CT molecular complexity index is 310. The van der Waals surface area contributed by atoms with E-state index in [1.807, 2.05) is 6.92 Å². The van der Waals surface area contributed by atoms with Crippen LogP contribution in [-0.4, -0.2) is 47.8 Å². The molecule has 21 heavy (non-hydrogen) atoms. The topological polar surface area (TPSA) is 35.5 Å². The second kappa shape index (κ2) is 7.43. The molecule has 122 valence electrons. The minimum Gasteiger partial charge on any atom is -0.393 e. The molecule has 3 aliphatic rings. The number of piperidine rings is 1. The largest absolute Gasteiger partial charge is 0.393 e. The smallest absolute Gasteiger partial charge is 0.0553 e. The zero-order chi connectivity index (χ0) is 14.7. The second-order valence-corrected chi connectivity index (χ2v) is 7.88. The van der Waals surface area contributed by atoms with Gasteiger partial charge in [0.25, 0.3) is 0 Å². The standard InChI is InChI=1S/C18H34N2O/c1-14(21)16-10-17(13-20(12-16)18-8-5-9-18)19-11-15-6-3-2-4-7-15/h14-19,21H,2-13H2,1H3. The van der Waals surface area contributed by atoms with Gasteiger partial charge in [0.15, 0.2) is 0 Å². The summed E-state index contributed by atoms with van der Waals surface area (Å²) in [6, 6.07) is 1.41. The Morgan fingerprint density at radius 2 is 1.81 bits per heavy atom. The molecule has 0 spiro atoms. The molecule has 2 N–H and O–H groups in total. The van der Waals surface area contributed by atoms with Crippen LogP contribution in [-0.2, 0) is 0 Å². The number of hydrogen-bond donors (Lipinski definition) is 2. The van der Waals surface area contributed by atoms with E-state index in [1.54, 1.807) is 0 Å². The molecule has 3 heteroatoms. The number of nitrogens with zero attached hydrogens (tertiary/aromatic N) is 1. The molecule has 1 saturated heterocycles. The molecule has 1 heterocycles. The van der Waals surface area contributed by atoms with Crippen molar-refractivity contribution in [1.29, 1.82) is 0 Å². The minimum absolute atomic E-state index is 0.160. The van der Waals surface area contributed by atoms with Crippen LogP contribution in [0, 0.1) is 11.8 Å². The van der Waals surface area contributed by atoms with E-state index < -0.39 is 0 Å². The van der Waals surface area contributed by atoms with Crippen LogP contribution in [0.4, 0.5) is 0 Å². The lowest BCUT2D eigenvalue weighted by atomic mass is 9.84. The van der Waals surface area contributed by atoms with Gasteiger partial charge in [0.05, 0.1) is 6.10 Å². The van der Waals surface area contributed by atoms with Crippen molar-refractivity contribution in [2.45, 2.75) is 82.9 Å². The summed E-state index contributed by atoms with van der Waals surface area (Å²) in [5.41, 5.74) is 0. The Balaban J connectivity index is 1.49. The minimum atomic E-state index is -0.160. The van der Waals surface area contributed by atoms with Crippen LogP contribution >= 0.6 is 0 Å². The van der Waals surface area contributed by atoms with Crippen LogP contribution in [0.5, 0.6) is 0 Å². The molecule has 3 unspecified atom stereocenters. The van der Waals surface area contributed by atoms with Crippen LogP contribution in [0.1, 0.15) is 64.7 Å². The number of rotatable bonds is 5. The van der Waals surface area contributed by atoms with E-state index in [0.717, 1.165) is 24.9 Å². The van der Waals surface area contributed by atoms with Gasteiger partial charge in [-0.1, -0.05) is 25.7 Å². The van der Waals surface area contributed by atoms with E-state index in [-0.39, 0.29) is 6.10 Å². The first-order valence-corrected chi connectivity index (χ1v) is 9.38. The maximum atomic E-state index is 10.0. The number of aliphatic hydroxyl groups is 1. The van der Waals surface area contributed by atoms with E-state index in [2.05, 4.69) is 10.2 Å². The van der Waals surface area contributed by atoms with Gasteiger partial charge in [-0.05, 0) is 57.4 Å². The average molecular weight is 294 g/mol. The Kier molecular flexibility index (Phi) is 5.58. The number of nitrogens with one attached hydrogen (secondary N) is 1. The Morgan fingerprint density at radius 3 is 2.43 bits per heavy atom. The predicted molar refractivity (Wildman–Crippen MR) is 87.4 cm³/mol. The molecule has 3 fully saturated rings. The van der Waals surface area contributed by atoms with Crippen LogP contribution < -0.4 is 5.32 Å². The molecular formula is C18H34N2O. The van der Waals surface area contributed by atoms with Gasteiger partial charge in [0, 0.05) is 25.2 Å². The summed E-state index contributed by atoms with van der Waals surface area (Å²) < 4.78 is 0. The normalized spacial score (nSPS) is 34.6. The molecule has 0 aromatic rings. The first kappa shape index (κ1) is 15.8. The molecule has 3 atom stereocenters. The van der Waals surface area contributed by atoms with Crippen molar-refractivity contribution >= 4 is 0 Å². The second-order valence-electron chi connectivity index (χ2n) is 7.88. The van der Waals surface area contributed by atoms with Crippen molar-refractivity contribution in [3.8, 4) is 0 Å². The van der Waals surface area contributed by atoms with E-state index in [4.69, 9.17) is 0 Å². The molecule has 0 aromatic heterocycles. The maximum Gasteiger partial charge on any atom is 0.0553 e. The highest BCUT2D eigenvalue weighted by atomic mass is 16.3. The number of aliphatic hydroxyl groups excluding tert-OH is 1. The van der Waals surface area contributed by atoms with Crippen molar-refractivity contribution in [3.05, 3.63) is 0 Å². The maximum absolute atomic E-state index is 10.0. The van der Waals surface area contributed by atoms with Crippen molar-refractivity contribution in [3.63, 3.8) is 0 Å². The molecule has 0 amide bonds. The molecule has 0 radical (unpaired) electrons. The van der Waals surface area contributed by atoms with Crippen LogP contribution in [0.15, 0.2) is 0 Å². The summed E-state index contributed by atoms with van der Waals surface area (Å²) in [5, 5.41) is 13.9. The zero-order valence-electron chi connectivity index (χ0n) is 13.8. The Morgan fingerprint density at radius 1 is 1.05 bits per heavy atom. The van der Waals surface area contributed by atoms with E-state index in [0.29, 0.717) is 12.0 Å². The highest BCUT2D eigenvalue weighted by Crippen LogP contribution is 2.30. The highest BCUT2D eigenvalue weighted by Gasteiger charge is 2.35. The molecule has 3 rings (SSSR count). The van der Waals surface area contributed by atoms with Gasteiger partial charge in [-0.15, -0.1) is 0 Å². The summed E-state index contributed by atoms with van der Waals surface area (Å²) in [6.07, 6.45) is 12.3. The van der Waals surface area contributed by atoms with Gasteiger partial charge in [0.1, 0.15) is 0 Å². The summed E-state index contributed by atoms with van der Waals surface area (Å²) in [4.78, 5) is 2.67. The van der Waals surface area contributed by atoms with Gasteiger partial charge in [-0.25, -0.2) is 0 Å². The molecule has 2 saturated carbocycles. The Hall–Kier alpha value is -0.120. The fourth-order valence-corrected chi connectivity index (χ4v) is 4.45. The average Bonchev–Trinajstić information content (AvgIpc) is 2.44. The van der Waals surface area contributed by atoms with E-state index in [1.165, 1.54) is 64.5 Å². The SMILES string of the molecule is CC(O)C1CC(NCC2CCCCC2)CN(C2CCC2)C1. The monoisotopic (exact) mass is 294 g/mol. The molecular weight excluding hydrogens is 260 g/mol. The lowest BCUT2D eigenvalue weighted by molar-refractivity contribution is 0.00983. The highest BCUT2D eigenvalue weighted by molar-refractivity contribution is 4.91. The summed E-state index contributed by atoms with van der Waals surface area (Å²) in [7, 11) is 0. The van der Waals surface area contributed by atoms with Gasteiger partial charge in [-0.2, -0.15) is 0 Å². The summed E-state index contributed by atoms with van der Waals surface area (Å²) in [5.74, 6) is 1.37. The van der Waals surface area contributed by atoms with Crippen LogP contribution in [0.3, 0.4) is 0 Å². The molecule has 0 aromatic carbocycles. The van der Waals surface area contributed by atoms with Crippen LogP contribution in [0.25, 0.3) is 0 Å². The molecule has 0 bridgehead atoms. The zero-order valence-corrected chi connectivity index (χ0v) is 13.8. The summed E-state index contributed by atoms with van der Waals surface area (Å²) in [6.45, 7) is 5.51. The fraction of sp³-hybridized carbons (Fsp3) is 1.00. The molecule has 1 aliphatic heterocycles. The van der Waals surface area contributed by atoms with Gasteiger partial charge in [0.2, 0.25) is 0 Å². The first-order chi connectivity index (χ1) is 10.2. The summed E-state index contributed by atoms with van der Waals surface area (Å²) >= 11 is 0. The third-order valence-corrected chi connectivity index (χ3v) is 6.20.